The average Bonchev–Trinajstić information content (AvgIpc) is 2.79. The summed E-state index contributed by atoms with van der Waals surface area (Å²) in [6, 6.07) is 8.60. The second kappa shape index (κ2) is 10.6. The lowest BCUT2D eigenvalue weighted by molar-refractivity contribution is 0.102. The van der Waals surface area contributed by atoms with Gasteiger partial charge in [-0.2, -0.15) is 4.31 Å². The summed E-state index contributed by atoms with van der Waals surface area (Å²) in [6.45, 7) is 14.7. The molecule has 1 fully saturated rings. The molecule has 3 rings (SSSR count). The number of anilines is 2. The van der Waals surface area contributed by atoms with Crippen molar-refractivity contribution in [2.24, 2.45) is 0 Å². The van der Waals surface area contributed by atoms with Crippen LogP contribution >= 0.6 is 0 Å². The van der Waals surface area contributed by atoms with Gasteiger partial charge in [0.1, 0.15) is 0 Å². The minimum absolute atomic E-state index is 0.177. The molecule has 1 N–H and O–H groups in total. The van der Waals surface area contributed by atoms with Gasteiger partial charge >= 0.3 is 0 Å². The molecule has 0 bridgehead atoms. The second-order valence-corrected chi connectivity index (χ2v) is 10.2. The van der Waals surface area contributed by atoms with Crippen LogP contribution < -0.4 is 10.2 Å². The summed E-state index contributed by atoms with van der Waals surface area (Å²) in [4.78, 5) is 22.3. The van der Waals surface area contributed by atoms with Crippen LogP contribution in [0.15, 0.2) is 35.2 Å². The van der Waals surface area contributed by atoms with Gasteiger partial charge in [-0.15, -0.1) is 0 Å². The molecule has 2 aromatic rings. The van der Waals surface area contributed by atoms with E-state index in [0.29, 0.717) is 30.0 Å². The number of hydrogen-bond donors (Lipinski definition) is 1. The molecule has 1 aromatic heterocycles. The van der Waals surface area contributed by atoms with E-state index in [0.717, 1.165) is 44.1 Å². The van der Waals surface area contributed by atoms with E-state index in [1.54, 1.807) is 31.2 Å². The molecular weight excluding hydrogens is 438 g/mol. The van der Waals surface area contributed by atoms with Crippen LogP contribution in [-0.4, -0.2) is 74.3 Å². The number of nitrogens with zero attached hydrogens (tertiary/aromatic N) is 4. The molecule has 0 saturated carbocycles. The molecule has 0 unspecified atom stereocenters. The Kier molecular flexibility index (Phi) is 8.10. The van der Waals surface area contributed by atoms with Crippen LogP contribution in [0.5, 0.6) is 0 Å². The number of amides is 1. The quantitative estimate of drug-likeness (QED) is 0.634. The Labute approximate surface area is 197 Å². The molecular formula is C24H35N5O3S. The Hall–Kier alpha value is -2.49. The van der Waals surface area contributed by atoms with Gasteiger partial charge in [0.2, 0.25) is 10.0 Å². The van der Waals surface area contributed by atoms with Gasteiger partial charge in [0.25, 0.3) is 5.91 Å². The predicted molar refractivity (Wildman–Crippen MR) is 133 cm³/mol. The number of nitrogens with one attached hydrogen (secondary N) is 1. The molecule has 180 valence electrons. The molecule has 8 nitrogen and oxygen atoms in total. The van der Waals surface area contributed by atoms with E-state index in [-0.39, 0.29) is 10.8 Å². The molecule has 1 aliphatic rings. The zero-order chi connectivity index (χ0) is 24.2. The highest BCUT2D eigenvalue weighted by Crippen LogP contribution is 2.31. The van der Waals surface area contributed by atoms with Gasteiger partial charge in [0, 0.05) is 45.0 Å². The highest BCUT2D eigenvalue weighted by atomic mass is 32.2. The van der Waals surface area contributed by atoms with E-state index in [4.69, 9.17) is 0 Å². The molecule has 1 saturated heterocycles. The van der Waals surface area contributed by atoms with E-state index in [1.165, 1.54) is 4.31 Å². The summed E-state index contributed by atoms with van der Waals surface area (Å²) in [5.41, 5.74) is 3.27. The molecule has 0 spiro atoms. The minimum atomic E-state index is -3.66. The maximum Gasteiger partial charge on any atom is 0.257 e. The fourth-order valence-electron chi connectivity index (χ4n) is 4.19. The van der Waals surface area contributed by atoms with Crippen LogP contribution in [0.1, 0.15) is 42.5 Å². The van der Waals surface area contributed by atoms with E-state index < -0.39 is 10.0 Å². The third-order valence-corrected chi connectivity index (χ3v) is 8.24. The Morgan fingerprint density at radius 1 is 1.03 bits per heavy atom. The maximum absolute atomic E-state index is 13.1. The monoisotopic (exact) mass is 473 g/mol. The smallest absolute Gasteiger partial charge is 0.257 e. The summed E-state index contributed by atoms with van der Waals surface area (Å²) in [5, 5.41) is 2.98. The molecule has 0 radical (unpaired) electrons. The highest BCUT2D eigenvalue weighted by molar-refractivity contribution is 7.89. The molecule has 33 heavy (non-hydrogen) atoms. The SMILES string of the molecule is CCN1CCN(c2ccc(S(=O)(=O)N(CC)CC)cc2NC(=O)c2ccc(C)nc2C)CC1. The Balaban J connectivity index is 2.00. The highest BCUT2D eigenvalue weighted by Gasteiger charge is 2.26. The van der Waals surface area contributed by atoms with Crippen LogP contribution in [-0.2, 0) is 10.0 Å². The van der Waals surface area contributed by atoms with Gasteiger partial charge in [-0.05, 0) is 50.7 Å². The first-order chi connectivity index (χ1) is 15.7. The minimum Gasteiger partial charge on any atom is -0.367 e. The third-order valence-electron chi connectivity index (χ3n) is 6.19. The first-order valence-corrected chi connectivity index (χ1v) is 13.0. The lowest BCUT2D eigenvalue weighted by Crippen LogP contribution is -2.46. The summed E-state index contributed by atoms with van der Waals surface area (Å²) in [6.07, 6.45) is 0. The number of likely N-dealkylation sites (N-methyl/N-ethyl adjacent to an activating group) is 1. The van der Waals surface area contributed by atoms with Crippen molar-refractivity contribution in [1.29, 1.82) is 0 Å². The number of carbonyl (C=O) groups is 1. The number of rotatable bonds is 8. The summed E-state index contributed by atoms with van der Waals surface area (Å²) < 4.78 is 27.7. The Morgan fingerprint density at radius 3 is 2.27 bits per heavy atom. The first kappa shape index (κ1) is 25.1. The molecule has 1 amide bonds. The molecule has 1 aromatic carbocycles. The maximum atomic E-state index is 13.1. The Morgan fingerprint density at radius 2 is 1.70 bits per heavy atom. The van der Waals surface area contributed by atoms with Crippen molar-refractivity contribution in [3.63, 3.8) is 0 Å². The fourth-order valence-corrected chi connectivity index (χ4v) is 5.67. The van der Waals surface area contributed by atoms with Crippen LogP contribution in [0.3, 0.4) is 0 Å². The molecule has 2 heterocycles. The van der Waals surface area contributed by atoms with Gasteiger partial charge < -0.3 is 15.1 Å². The van der Waals surface area contributed by atoms with Crippen molar-refractivity contribution in [3.8, 4) is 0 Å². The average molecular weight is 474 g/mol. The number of pyridine rings is 1. The number of carbonyl (C=O) groups excluding carboxylic acids is 1. The van der Waals surface area contributed by atoms with E-state index in [9.17, 15) is 13.2 Å². The van der Waals surface area contributed by atoms with Crippen LogP contribution in [0.2, 0.25) is 0 Å². The van der Waals surface area contributed by atoms with Crippen molar-refractivity contribution < 1.29 is 13.2 Å². The summed E-state index contributed by atoms with van der Waals surface area (Å²) >= 11 is 0. The van der Waals surface area contributed by atoms with Crippen molar-refractivity contribution in [2.75, 3.05) is 56.0 Å². The summed E-state index contributed by atoms with van der Waals surface area (Å²) in [5.74, 6) is -0.300. The molecule has 0 atom stereocenters. The normalized spacial score (nSPS) is 15.2. The van der Waals surface area contributed by atoms with E-state index in [1.807, 2.05) is 26.8 Å². The van der Waals surface area contributed by atoms with Gasteiger partial charge in [0.15, 0.2) is 0 Å². The standard InChI is InChI=1S/C24H35N5O3S/c1-6-27-13-15-28(16-14-27)23-12-10-20(33(31,32)29(7-2)8-3)17-22(23)26-24(30)21-11-9-18(4)25-19(21)5/h9-12,17H,6-8,13-16H2,1-5H3,(H,26,30). The number of aryl methyl sites for hydroxylation is 2. The topological polar surface area (TPSA) is 85.9 Å². The van der Waals surface area contributed by atoms with Crippen LogP contribution in [0, 0.1) is 13.8 Å². The zero-order valence-electron chi connectivity index (χ0n) is 20.3. The number of benzene rings is 1. The predicted octanol–water partition coefficient (Wildman–Crippen LogP) is 3.12. The zero-order valence-corrected chi connectivity index (χ0v) is 21.1. The van der Waals surface area contributed by atoms with Crippen molar-refractivity contribution in [2.45, 2.75) is 39.5 Å². The van der Waals surface area contributed by atoms with Crippen molar-refractivity contribution >= 4 is 27.3 Å². The number of aromatic nitrogens is 1. The first-order valence-electron chi connectivity index (χ1n) is 11.6. The molecule has 9 heteroatoms. The molecule has 0 aliphatic carbocycles. The summed E-state index contributed by atoms with van der Waals surface area (Å²) in [7, 11) is -3.66. The number of hydrogen-bond acceptors (Lipinski definition) is 6. The third kappa shape index (κ3) is 5.54. The van der Waals surface area contributed by atoms with E-state index in [2.05, 4.69) is 27.0 Å². The lowest BCUT2D eigenvalue weighted by Gasteiger charge is -2.36. The molecule has 1 aliphatic heterocycles. The largest absolute Gasteiger partial charge is 0.367 e. The van der Waals surface area contributed by atoms with Gasteiger partial charge in [-0.1, -0.05) is 20.8 Å². The number of piperazine rings is 1. The second-order valence-electron chi connectivity index (χ2n) is 8.23. The van der Waals surface area contributed by atoms with Crippen molar-refractivity contribution in [1.82, 2.24) is 14.2 Å². The lowest BCUT2D eigenvalue weighted by atomic mass is 10.1. The Bertz CT molecular complexity index is 1090. The van der Waals surface area contributed by atoms with E-state index >= 15 is 0 Å². The van der Waals surface area contributed by atoms with Crippen molar-refractivity contribution in [3.05, 3.63) is 47.3 Å². The fraction of sp³-hybridized carbons (Fsp3) is 0.500. The van der Waals surface area contributed by atoms with Gasteiger partial charge in [-0.25, -0.2) is 8.42 Å². The van der Waals surface area contributed by atoms with Crippen LogP contribution in [0.25, 0.3) is 0 Å². The number of sulfonamides is 1. The van der Waals surface area contributed by atoms with Crippen LogP contribution in [0.4, 0.5) is 11.4 Å². The van der Waals surface area contributed by atoms with Gasteiger partial charge in [0.05, 0.1) is 27.5 Å². The van der Waals surface area contributed by atoms with Gasteiger partial charge in [-0.3, -0.25) is 9.78 Å².